The minimum atomic E-state index is -0.474. The molecule has 0 aromatic rings. The second-order valence-electron chi connectivity index (χ2n) is 16.1. The molecule has 0 aromatic heterocycles. The standard InChI is InChI=1S/C36H60O6/c1-29(2)31(37)42-36-21-30-19-34(23-36,40-17-13-9-5-7-11-15-32(3)25-38-26-32)22-35(20-30,24-36)41-18-14-10-6-8-12-16-33(4)27-39-28-33/h30H,1,5-28H2,2-4H3. The first-order valence-corrected chi connectivity index (χ1v) is 17.4. The van der Waals surface area contributed by atoms with Crippen LogP contribution in [0.3, 0.4) is 0 Å². The summed E-state index contributed by atoms with van der Waals surface area (Å²) in [5, 5.41) is 0. The Kier molecular flexibility index (Phi) is 10.5. The molecule has 0 amide bonds. The molecule has 2 aliphatic heterocycles. The Labute approximate surface area is 256 Å². The summed E-state index contributed by atoms with van der Waals surface area (Å²) in [6.07, 6.45) is 20.6. The Morgan fingerprint density at radius 1 is 0.667 bits per heavy atom. The molecule has 6 heteroatoms. The smallest absolute Gasteiger partial charge is 0.333 e. The van der Waals surface area contributed by atoms with E-state index in [0.717, 1.165) is 91.0 Å². The highest BCUT2D eigenvalue weighted by Crippen LogP contribution is 2.63. The van der Waals surface area contributed by atoms with Crippen molar-refractivity contribution in [2.75, 3.05) is 39.6 Å². The Bertz CT molecular complexity index is 868. The minimum absolute atomic E-state index is 0.227. The van der Waals surface area contributed by atoms with E-state index in [1.807, 2.05) is 0 Å². The molecule has 4 saturated carbocycles. The molecular formula is C36H60O6. The highest BCUT2D eigenvalue weighted by molar-refractivity contribution is 5.87. The van der Waals surface area contributed by atoms with E-state index in [2.05, 4.69) is 20.4 Å². The van der Waals surface area contributed by atoms with Gasteiger partial charge in [0, 0.05) is 48.9 Å². The highest BCUT2D eigenvalue weighted by atomic mass is 16.6. The average Bonchev–Trinajstić information content (AvgIpc) is 2.88. The van der Waals surface area contributed by atoms with Crippen molar-refractivity contribution in [1.82, 2.24) is 0 Å². The molecule has 4 bridgehead atoms. The average molecular weight is 589 g/mol. The number of hydrogen-bond acceptors (Lipinski definition) is 6. The minimum Gasteiger partial charge on any atom is -0.455 e. The van der Waals surface area contributed by atoms with Gasteiger partial charge in [0.25, 0.3) is 0 Å². The molecule has 2 heterocycles. The van der Waals surface area contributed by atoms with Crippen molar-refractivity contribution in [3.8, 4) is 0 Å². The van der Waals surface area contributed by atoms with Gasteiger partial charge in [0.05, 0.1) is 37.6 Å². The van der Waals surface area contributed by atoms with Gasteiger partial charge in [-0.1, -0.05) is 71.8 Å². The molecule has 2 saturated heterocycles. The number of unbranched alkanes of at least 4 members (excludes halogenated alkanes) is 8. The molecule has 2 unspecified atom stereocenters. The molecule has 6 nitrogen and oxygen atoms in total. The second kappa shape index (κ2) is 13.6. The number of rotatable bonds is 20. The van der Waals surface area contributed by atoms with Crippen LogP contribution in [0.2, 0.25) is 0 Å². The number of esters is 1. The molecule has 6 fully saturated rings. The molecule has 0 spiro atoms. The van der Waals surface area contributed by atoms with Crippen molar-refractivity contribution >= 4 is 5.97 Å². The normalized spacial score (nSPS) is 33.6. The fourth-order valence-corrected chi connectivity index (χ4v) is 9.03. The van der Waals surface area contributed by atoms with Gasteiger partial charge in [0.2, 0.25) is 0 Å². The number of carbonyl (C=O) groups is 1. The van der Waals surface area contributed by atoms with Crippen molar-refractivity contribution in [1.29, 1.82) is 0 Å². The van der Waals surface area contributed by atoms with Gasteiger partial charge < -0.3 is 23.7 Å². The van der Waals surface area contributed by atoms with E-state index in [9.17, 15) is 4.79 Å². The fraction of sp³-hybridized carbons (Fsp3) is 0.917. The summed E-state index contributed by atoms with van der Waals surface area (Å²) in [7, 11) is 0. The largest absolute Gasteiger partial charge is 0.455 e. The molecule has 0 radical (unpaired) electrons. The van der Waals surface area contributed by atoms with Gasteiger partial charge in [-0.05, 0) is 57.8 Å². The summed E-state index contributed by atoms with van der Waals surface area (Å²) in [6.45, 7) is 15.7. The van der Waals surface area contributed by atoms with Crippen LogP contribution in [0.15, 0.2) is 12.2 Å². The Morgan fingerprint density at radius 3 is 1.50 bits per heavy atom. The van der Waals surface area contributed by atoms with E-state index in [1.54, 1.807) is 6.92 Å². The highest BCUT2D eigenvalue weighted by Gasteiger charge is 2.66. The summed E-state index contributed by atoms with van der Waals surface area (Å²) in [4.78, 5) is 12.8. The molecule has 240 valence electrons. The van der Waals surface area contributed by atoms with Crippen LogP contribution in [0.1, 0.15) is 136 Å². The summed E-state index contributed by atoms with van der Waals surface area (Å²) >= 11 is 0. The summed E-state index contributed by atoms with van der Waals surface area (Å²) < 4.78 is 30.7. The quantitative estimate of drug-likeness (QED) is 0.0813. The molecule has 6 aliphatic rings. The molecule has 2 atom stereocenters. The second-order valence-corrected chi connectivity index (χ2v) is 16.1. The van der Waals surface area contributed by atoms with Gasteiger partial charge in [-0.25, -0.2) is 4.79 Å². The van der Waals surface area contributed by atoms with Gasteiger partial charge in [-0.3, -0.25) is 0 Å². The summed E-state index contributed by atoms with van der Waals surface area (Å²) in [5.74, 6) is 0.236. The number of hydrogen-bond donors (Lipinski definition) is 0. The zero-order valence-electron chi connectivity index (χ0n) is 27.2. The lowest BCUT2D eigenvalue weighted by Crippen LogP contribution is -2.68. The summed E-state index contributed by atoms with van der Waals surface area (Å²) in [5.41, 5.74) is 0.427. The number of carbonyl (C=O) groups excluding carboxylic acids is 1. The SMILES string of the molecule is C=C(C)C(=O)OC12CC3CC(OCCCCCCCC4(C)COC4)(CC(OCCCCCCCC4(C)COC4)(C3)C1)C2. The molecular weight excluding hydrogens is 528 g/mol. The first-order valence-electron chi connectivity index (χ1n) is 17.4. The Balaban J connectivity index is 1.07. The topological polar surface area (TPSA) is 63.2 Å². The van der Waals surface area contributed by atoms with Crippen molar-refractivity contribution in [3.05, 3.63) is 12.2 Å². The zero-order chi connectivity index (χ0) is 29.7. The lowest BCUT2D eigenvalue weighted by molar-refractivity contribution is -0.283. The van der Waals surface area contributed by atoms with Gasteiger partial charge in [-0.15, -0.1) is 0 Å². The maximum Gasteiger partial charge on any atom is 0.333 e. The van der Waals surface area contributed by atoms with Crippen molar-refractivity contribution in [2.45, 2.75) is 153 Å². The first kappa shape index (κ1) is 32.4. The zero-order valence-corrected chi connectivity index (χ0v) is 27.2. The third-order valence-electron chi connectivity index (χ3n) is 11.0. The molecule has 0 aromatic carbocycles. The van der Waals surface area contributed by atoms with E-state index in [4.69, 9.17) is 23.7 Å². The van der Waals surface area contributed by atoms with Crippen LogP contribution in [0.25, 0.3) is 0 Å². The van der Waals surface area contributed by atoms with Crippen molar-refractivity contribution in [2.24, 2.45) is 16.7 Å². The van der Waals surface area contributed by atoms with Crippen LogP contribution in [-0.4, -0.2) is 62.4 Å². The van der Waals surface area contributed by atoms with Crippen molar-refractivity contribution in [3.63, 3.8) is 0 Å². The molecule has 6 rings (SSSR count). The van der Waals surface area contributed by atoms with Crippen LogP contribution in [0, 0.1) is 16.7 Å². The predicted octanol–water partition coefficient (Wildman–Crippen LogP) is 8.11. The van der Waals surface area contributed by atoms with Gasteiger partial charge in [0.1, 0.15) is 5.60 Å². The van der Waals surface area contributed by atoms with E-state index < -0.39 is 5.60 Å². The maximum absolute atomic E-state index is 12.8. The van der Waals surface area contributed by atoms with E-state index >= 15 is 0 Å². The van der Waals surface area contributed by atoms with Gasteiger partial charge >= 0.3 is 5.97 Å². The van der Waals surface area contributed by atoms with E-state index in [0.29, 0.717) is 22.3 Å². The lowest BCUT2D eigenvalue weighted by Gasteiger charge is -2.64. The van der Waals surface area contributed by atoms with Crippen LogP contribution < -0.4 is 0 Å². The third-order valence-corrected chi connectivity index (χ3v) is 11.0. The molecule has 0 N–H and O–H groups in total. The van der Waals surface area contributed by atoms with Gasteiger partial charge in [0.15, 0.2) is 0 Å². The van der Waals surface area contributed by atoms with Crippen LogP contribution in [0.5, 0.6) is 0 Å². The van der Waals surface area contributed by atoms with E-state index in [1.165, 1.54) is 64.2 Å². The Hall–Kier alpha value is -0.950. The van der Waals surface area contributed by atoms with Crippen LogP contribution >= 0.6 is 0 Å². The third kappa shape index (κ3) is 8.20. The maximum atomic E-state index is 12.8. The summed E-state index contributed by atoms with van der Waals surface area (Å²) in [6, 6.07) is 0. The van der Waals surface area contributed by atoms with Gasteiger partial charge in [-0.2, -0.15) is 0 Å². The van der Waals surface area contributed by atoms with Crippen LogP contribution in [0.4, 0.5) is 0 Å². The molecule has 4 aliphatic carbocycles. The van der Waals surface area contributed by atoms with Crippen molar-refractivity contribution < 1.29 is 28.5 Å². The van der Waals surface area contributed by atoms with E-state index in [-0.39, 0.29) is 17.2 Å². The first-order chi connectivity index (χ1) is 20.1. The van der Waals surface area contributed by atoms with Crippen LogP contribution in [-0.2, 0) is 28.5 Å². The fourth-order valence-electron chi connectivity index (χ4n) is 9.03. The number of ether oxygens (including phenoxy) is 5. The monoisotopic (exact) mass is 588 g/mol. The lowest BCUT2D eigenvalue weighted by atomic mass is 9.50. The molecule has 42 heavy (non-hydrogen) atoms. The predicted molar refractivity (Wildman–Crippen MR) is 165 cm³/mol. The Morgan fingerprint density at radius 2 is 1.07 bits per heavy atom.